The Labute approximate surface area is 113 Å². The molecule has 0 aromatic heterocycles. The number of hydrogen-bond donors (Lipinski definition) is 2. The van der Waals surface area contributed by atoms with Gasteiger partial charge in [-0.05, 0) is 61.0 Å². The van der Waals surface area contributed by atoms with E-state index < -0.39 is 0 Å². The molecule has 0 amide bonds. The third-order valence-electron chi connectivity index (χ3n) is 5.51. The van der Waals surface area contributed by atoms with Crippen LogP contribution in [0.15, 0.2) is 18.2 Å². The normalized spacial score (nSPS) is 38.2. The van der Waals surface area contributed by atoms with Crippen LogP contribution in [-0.4, -0.2) is 16.3 Å². The minimum Gasteiger partial charge on any atom is -0.508 e. The van der Waals surface area contributed by atoms with Crippen molar-refractivity contribution in [2.24, 2.45) is 11.3 Å². The third-order valence-corrected chi connectivity index (χ3v) is 5.51. The van der Waals surface area contributed by atoms with Crippen molar-refractivity contribution in [1.29, 1.82) is 0 Å². The lowest BCUT2D eigenvalue weighted by atomic mass is 9.64. The molecule has 3 rings (SSSR count). The maximum Gasteiger partial charge on any atom is 0.130 e. The summed E-state index contributed by atoms with van der Waals surface area (Å²) in [5.74, 6) is 0.406. The average molecular weight is 264 g/mol. The lowest BCUT2D eigenvalue weighted by molar-refractivity contribution is 0.00845. The Bertz CT molecular complexity index is 488. The van der Waals surface area contributed by atoms with Gasteiger partial charge in [0.15, 0.2) is 0 Å². The summed E-state index contributed by atoms with van der Waals surface area (Å²) in [6.45, 7) is 2.18. The zero-order valence-corrected chi connectivity index (χ0v) is 11.3. The van der Waals surface area contributed by atoms with Crippen molar-refractivity contribution in [1.82, 2.24) is 0 Å². The molecule has 0 bridgehead atoms. The lowest BCUT2D eigenvalue weighted by Gasteiger charge is -2.42. The first kappa shape index (κ1) is 12.9. The van der Waals surface area contributed by atoms with Crippen LogP contribution in [0.4, 0.5) is 4.39 Å². The van der Waals surface area contributed by atoms with E-state index in [9.17, 15) is 14.6 Å². The molecule has 1 aromatic carbocycles. The SMILES string of the molecule is C[C@]12CCC(c3ccc(O)cc3F)C[C@@H]1CC[C@@H]2O. The summed E-state index contributed by atoms with van der Waals surface area (Å²) in [6, 6.07) is 4.48. The Balaban J connectivity index is 1.82. The van der Waals surface area contributed by atoms with Crippen molar-refractivity contribution in [3.63, 3.8) is 0 Å². The van der Waals surface area contributed by atoms with Gasteiger partial charge in [-0.25, -0.2) is 4.39 Å². The minimum atomic E-state index is -0.299. The van der Waals surface area contributed by atoms with Crippen LogP contribution in [0.3, 0.4) is 0 Å². The Hall–Kier alpha value is -1.09. The molecule has 2 aliphatic rings. The molecule has 1 unspecified atom stereocenters. The fraction of sp³-hybridized carbons (Fsp3) is 0.625. The van der Waals surface area contributed by atoms with E-state index in [2.05, 4.69) is 6.92 Å². The number of phenols is 1. The maximum atomic E-state index is 13.9. The number of rotatable bonds is 1. The molecule has 0 aliphatic heterocycles. The summed E-state index contributed by atoms with van der Waals surface area (Å²) < 4.78 is 13.9. The second kappa shape index (κ2) is 4.48. The highest BCUT2D eigenvalue weighted by molar-refractivity contribution is 5.30. The van der Waals surface area contributed by atoms with E-state index in [4.69, 9.17) is 0 Å². The van der Waals surface area contributed by atoms with E-state index in [1.165, 1.54) is 6.07 Å². The number of fused-ring (bicyclic) bond motifs is 1. The third kappa shape index (κ3) is 2.04. The molecule has 104 valence electrons. The zero-order chi connectivity index (χ0) is 13.6. The summed E-state index contributed by atoms with van der Waals surface area (Å²) in [5.41, 5.74) is 0.755. The first-order chi connectivity index (χ1) is 9.00. The Kier molecular flexibility index (Phi) is 3.05. The van der Waals surface area contributed by atoms with Gasteiger partial charge in [0.05, 0.1) is 6.10 Å². The van der Waals surface area contributed by atoms with Gasteiger partial charge in [-0.1, -0.05) is 13.0 Å². The van der Waals surface area contributed by atoms with E-state index in [-0.39, 0.29) is 29.0 Å². The lowest BCUT2D eigenvalue weighted by Crippen LogP contribution is -2.37. The standard InChI is InChI=1S/C16H21FO2/c1-16-7-6-10(8-11(16)2-5-15(16)19)13-4-3-12(18)9-14(13)17/h3-4,9-11,15,18-19H,2,5-8H2,1H3/t10?,11-,15-,16-/m0/s1. The van der Waals surface area contributed by atoms with E-state index in [1.54, 1.807) is 12.1 Å². The first-order valence-corrected chi connectivity index (χ1v) is 7.17. The Morgan fingerprint density at radius 2 is 2.05 bits per heavy atom. The topological polar surface area (TPSA) is 40.5 Å². The molecule has 19 heavy (non-hydrogen) atoms. The molecule has 2 nitrogen and oxygen atoms in total. The second-order valence-corrected chi connectivity index (χ2v) is 6.47. The van der Waals surface area contributed by atoms with Gasteiger partial charge in [-0.2, -0.15) is 0 Å². The predicted molar refractivity (Wildman–Crippen MR) is 71.5 cm³/mol. The second-order valence-electron chi connectivity index (χ2n) is 6.47. The molecule has 0 radical (unpaired) electrons. The molecule has 2 saturated carbocycles. The summed E-state index contributed by atoms with van der Waals surface area (Å²) in [6.07, 6.45) is 4.58. The van der Waals surface area contributed by atoms with Gasteiger partial charge in [0, 0.05) is 6.07 Å². The molecule has 0 heterocycles. The van der Waals surface area contributed by atoms with Gasteiger partial charge < -0.3 is 10.2 Å². The number of aliphatic hydroxyl groups excluding tert-OH is 1. The minimum absolute atomic E-state index is 0.0156. The quantitative estimate of drug-likeness (QED) is 0.814. The Morgan fingerprint density at radius 3 is 2.79 bits per heavy atom. The van der Waals surface area contributed by atoms with Gasteiger partial charge in [-0.3, -0.25) is 0 Å². The van der Waals surface area contributed by atoms with Gasteiger partial charge >= 0.3 is 0 Å². The smallest absolute Gasteiger partial charge is 0.130 e. The zero-order valence-electron chi connectivity index (χ0n) is 11.3. The first-order valence-electron chi connectivity index (χ1n) is 7.17. The molecule has 0 saturated heterocycles. The van der Waals surface area contributed by atoms with Crippen LogP contribution < -0.4 is 0 Å². The number of benzene rings is 1. The van der Waals surface area contributed by atoms with Crippen molar-refractivity contribution in [2.45, 2.75) is 51.0 Å². The van der Waals surface area contributed by atoms with Crippen LogP contribution in [0.5, 0.6) is 5.75 Å². The molecule has 2 aliphatic carbocycles. The summed E-state index contributed by atoms with van der Waals surface area (Å²) in [5, 5.41) is 19.4. The molecule has 4 atom stereocenters. The van der Waals surface area contributed by atoms with Crippen LogP contribution in [0.25, 0.3) is 0 Å². The summed E-state index contributed by atoms with van der Waals surface area (Å²) in [4.78, 5) is 0. The molecule has 2 fully saturated rings. The van der Waals surface area contributed by atoms with Crippen molar-refractivity contribution in [2.75, 3.05) is 0 Å². The van der Waals surface area contributed by atoms with Crippen LogP contribution in [0.1, 0.15) is 50.5 Å². The number of aliphatic hydroxyl groups is 1. The fourth-order valence-corrected chi connectivity index (χ4v) is 4.12. The van der Waals surface area contributed by atoms with Crippen LogP contribution in [0.2, 0.25) is 0 Å². The van der Waals surface area contributed by atoms with E-state index >= 15 is 0 Å². The highest BCUT2D eigenvalue weighted by Gasteiger charge is 2.49. The maximum absolute atomic E-state index is 13.9. The Morgan fingerprint density at radius 1 is 1.26 bits per heavy atom. The van der Waals surface area contributed by atoms with Crippen molar-refractivity contribution < 1.29 is 14.6 Å². The van der Waals surface area contributed by atoms with Crippen LogP contribution >= 0.6 is 0 Å². The number of halogens is 1. The summed E-state index contributed by atoms with van der Waals surface area (Å²) in [7, 11) is 0. The predicted octanol–water partition coefficient (Wildman–Crippen LogP) is 3.58. The molecule has 3 heteroatoms. The molecule has 0 spiro atoms. The molecular weight excluding hydrogens is 243 g/mol. The van der Waals surface area contributed by atoms with Crippen LogP contribution in [0, 0.1) is 17.2 Å². The fourth-order valence-electron chi connectivity index (χ4n) is 4.12. The van der Waals surface area contributed by atoms with E-state index in [1.807, 2.05) is 0 Å². The highest BCUT2D eigenvalue weighted by Crippen LogP contribution is 2.55. The largest absolute Gasteiger partial charge is 0.508 e. The van der Waals surface area contributed by atoms with E-state index in [0.29, 0.717) is 5.92 Å². The molecular formula is C16H21FO2. The van der Waals surface area contributed by atoms with E-state index in [0.717, 1.165) is 37.7 Å². The van der Waals surface area contributed by atoms with Gasteiger partial charge in [0.1, 0.15) is 11.6 Å². The van der Waals surface area contributed by atoms with Crippen molar-refractivity contribution >= 4 is 0 Å². The van der Waals surface area contributed by atoms with Crippen molar-refractivity contribution in [3.8, 4) is 5.75 Å². The highest BCUT2D eigenvalue weighted by atomic mass is 19.1. The molecule has 1 aromatic rings. The number of aromatic hydroxyl groups is 1. The molecule has 2 N–H and O–H groups in total. The van der Waals surface area contributed by atoms with Crippen LogP contribution in [-0.2, 0) is 0 Å². The van der Waals surface area contributed by atoms with Gasteiger partial charge in [0.25, 0.3) is 0 Å². The monoisotopic (exact) mass is 264 g/mol. The number of phenolic OH excluding ortho intramolecular Hbond substituents is 1. The van der Waals surface area contributed by atoms with Gasteiger partial charge in [0.2, 0.25) is 0 Å². The average Bonchev–Trinajstić information content (AvgIpc) is 2.66. The van der Waals surface area contributed by atoms with Crippen molar-refractivity contribution in [3.05, 3.63) is 29.6 Å². The number of hydrogen-bond acceptors (Lipinski definition) is 2. The summed E-state index contributed by atoms with van der Waals surface area (Å²) >= 11 is 0. The van der Waals surface area contributed by atoms with Gasteiger partial charge in [-0.15, -0.1) is 0 Å².